The van der Waals surface area contributed by atoms with Gasteiger partial charge < -0.3 is 9.47 Å². The van der Waals surface area contributed by atoms with E-state index in [2.05, 4.69) is 18.6 Å². The first-order chi connectivity index (χ1) is 7.20. The Morgan fingerprint density at radius 3 is 2.53 bits per heavy atom. The fourth-order valence-corrected chi connectivity index (χ4v) is 1.38. The number of hydrogen-bond acceptors (Lipinski definition) is 3. The van der Waals surface area contributed by atoms with E-state index in [0.29, 0.717) is 0 Å². The van der Waals surface area contributed by atoms with Gasteiger partial charge in [-0.2, -0.15) is 0 Å². The first kappa shape index (κ1) is 14.3. The number of hydrogen-bond donors (Lipinski definition) is 0. The van der Waals surface area contributed by atoms with Crippen molar-refractivity contribution in [2.45, 2.75) is 58.5 Å². The van der Waals surface area contributed by atoms with E-state index in [4.69, 9.17) is 4.74 Å². The van der Waals surface area contributed by atoms with Crippen LogP contribution >= 0.6 is 0 Å². The maximum Gasteiger partial charge on any atom is 0.508 e. The molecule has 0 aliphatic rings. The zero-order valence-electron chi connectivity index (χ0n) is 9.96. The lowest BCUT2D eigenvalue weighted by Gasteiger charge is -2.12. The van der Waals surface area contributed by atoms with Crippen LogP contribution in [0.5, 0.6) is 0 Å². The Morgan fingerprint density at radius 1 is 1.27 bits per heavy atom. The fourth-order valence-electron chi connectivity index (χ4n) is 1.38. The summed E-state index contributed by atoms with van der Waals surface area (Å²) in [5.41, 5.74) is 0. The summed E-state index contributed by atoms with van der Waals surface area (Å²) in [6.07, 6.45) is 6.39. The van der Waals surface area contributed by atoms with Crippen molar-refractivity contribution >= 4 is 6.16 Å². The molecule has 3 heteroatoms. The van der Waals surface area contributed by atoms with Gasteiger partial charge in [0.2, 0.25) is 0 Å². The van der Waals surface area contributed by atoms with Crippen molar-refractivity contribution in [1.82, 2.24) is 0 Å². The zero-order chi connectivity index (χ0) is 11.5. The van der Waals surface area contributed by atoms with Gasteiger partial charge in [0.05, 0.1) is 6.61 Å². The number of unbranched alkanes of at least 4 members (excludes halogenated alkanes) is 4. The number of carbonyl (C=O) groups is 1. The lowest BCUT2D eigenvalue weighted by molar-refractivity contribution is 0.0319. The highest BCUT2D eigenvalue weighted by molar-refractivity contribution is 5.60. The van der Waals surface area contributed by atoms with Gasteiger partial charge in [-0.15, -0.1) is 0 Å². The van der Waals surface area contributed by atoms with Gasteiger partial charge in [-0.1, -0.05) is 32.6 Å². The third-order valence-electron chi connectivity index (χ3n) is 2.23. The predicted molar refractivity (Wildman–Crippen MR) is 60.6 cm³/mol. The van der Waals surface area contributed by atoms with Gasteiger partial charge in [-0.3, -0.25) is 0 Å². The number of ether oxygens (including phenoxy) is 2. The Kier molecular flexibility index (Phi) is 9.33. The molecular weight excluding hydrogens is 192 g/mol. The Bertz CT molecular complexity index is 157. The molecular formula is C12H23O3. The second-order valence-corrected chi connectivity index (χ2v) is 3.73. The summed E-state index contributed by atoms with van der Waals surface area (Å²) in [4.78, 5) is 10.9. The van der Waals surface area contributed by atoms with Crippen molar-refractivity contribution < 1.29 is 14.3 Å². The predicted octanol–water partition coefficient (Wildman–Crippen LogP) is 3.72. The molecule has 0 amide bonds. The molecule has 0 aromatic heterocycles. The Balaban J connectivity index is 3.32. The zero-order valence-corrected chi connectivity index (χ0v) is 9.96. The highest BCUT2D eigenvalue weighted by Gasteiger charge is 2.09. The fraction of sp³-hybridized carbons (Fsp3) is 0.833. The minimum Gasteiger partial charge on any atom is -0.434 e. The average Bonchev–Trinajstić information content (AvgIpc) is 2.17. The van der Waals surface area contributed by atoms with Gasteiger partial charge in [0, 0.05) is 0 Å². The molecule has 1 unspecified atom stereocenters. The molecule has 0 saturated carbocycles. The summed E-state index contributed by atoms with van der Waals surface area (Å²) >= 11 is 0. The molecule has 3 nitrogen and oxygen atoms in total. The molecule has 0 saturated heterocycles. The number of carbonyl (C=O) groups excluding carboxylic acids is 1. The maximum atomic E-state index is 10.9. The van der Waals surface area contributed by atoms with Crippen molar-refractivity contribution in [1.29, 1.82) is 0 Å². The lowest BCUT2D eigenvalue weighted by atomic mass is 10.1. The molecule has 0 bridgehead atoms. The van der Waals surface area contributed by atoms with Crippen molar-refractivity contribution in [2.24, 2.45) is 0 Å². The SMILES string of the molecule is [CH2]COC(=O)OC(C)CCCCCCC. The van der Waals surface area contributed by atoms with E-state index < -0.39 is 6.16 Å². The van der Waals surface area contributed by atoms with Crippen LogP contribution in [-0.4, -0.2) is 18.9 Å². The van der Waals surface area contributed by atoms with Crippen molar-refractivity contribution in [3.8, 4) is 0 Å². The molecule has 15 heavy (non-hydrogen) atoms. The molecule has 1 radical (unpaired) electrons. The molecule has 0 aromatic rings. The Morgan fingerprint density at radius 2 is 1.93 bits per heavy atom. The Hall–Kier alpha value is -0.730. The largest absolute Gasteiger partial charge is 0.508 e. The molecule has 0 fully saturated rings. The third-order valence-corrected chi connectivity index (χ3v) is 2.23. The van der Waals surface area contributed by atoms with E-state index in [1.165, 1.54) is 25.7 Å². The molecule has 0 spiro atoms. The van der Waals surface area contributed by atoms with Crippen LogP contribution in [0.25, 0.3) is 0 Å². The minimum atomic E-state index is -0.606. The van der Waals surface area contributed by atoms with Gasteiger partial charge in [-0.25, -0.2) is 4.79 Å². The van der Waals surface area contributed by atoms with Crippen LogP contribution in [0.2, 0.25) is 0 Å². The van der Waals surface area contributed by atoms with Crippen LogP contribution in [0, 0.1) is 6.92 Å². The summed E-state index contributed by atoms with van der Waals surface area (Å²) in [6.45, 7) is 7.62. The highest BCUT2D eigenvalue weighted by atomic mass is 16.7. The molecule has 89 valence electrons. The molecule has 0 rings (SSSR count). The molecule has 0 N–H and O–H groups in total. The van der Waals surface area contributed by atoms with Crippen LogP contribution in [0.1, 0.15) is 52.4 Å². The van der Waals surface area contributed by atoms with E-state index in [1.54, 1.807) is 0 Å². The molecule has 0 aliphatic heterocycles. The van der Waals surface area contributed by atoms with Crippen LogP contribution in [0.3, 0.4) is 0 Å². The molecule has 0 aliphatic carbocycles. The maximum absolute atomic E-state index is 10.9. The summed E-state index contributed by atoms with van der Waals surface area (Å²) in [5.74, 6) is 0. The van der Waals surface area contributed by atoms with Gasteiger partial charge in [0.1, 0.15) is 6.10 Å². The minimum absolute atomic E-state index is 0.0503. The third kappa shape index (κ3) is 9.57. The normalized spacial score (nSPS) is 12.2. The van der Waals surface area contributed by atoms with Gasteiger partial charge in [0.15, 0.2) is 0 Å². The molecule has 0 heterocycles. The first-order valence-electron chi connectivity index (χ1n) is 5.83. The van der Waals surface area contributed by atoms with Crippen LogP contribution in [0.4, 0.5) is 4.79 Å². The van der Waals surface area contributed by atoms with Crippen molar-refractivity contribution in [2.75, 3.05) is 6.61 Å². The second kappa shape index (κ2) is 9.81. The number of rotatable bonds is 8. The van der Waals surface area contributed by atoms with Crippen LogP contribution in [0.15, 0.2) is 0 Å². The first-order valence-corrected chi connectivity index (χ1v) is 5.83. The highest BCUT2D eigenvalue weighted by Crippen LogP contribution is 2.09. The standard InChI is InChI=1S/C12H23O3/c1-4-6-7-8-9-10-11(3)15-12(13)14-5-2/h11H,2,4-10H2,1,3H3. The monoisotopic (exact) mass is 215 g/mol. The van der Waals surface area contributed by atoms with E-state index in [0.717, 1.165) is 12.8 Å². The summed E-state index contributed by atoms with van der Waals surface area (Å²) in [7, 11) is 0. The second-order valence-electron chi connectivity index (χ2n) is 3.73. The van der Waals surface area contributed by atoms with E-state index in [-0.39, 0.29) is 12.7 Å². The topological polar surface area (TPSA) is 35.5 Å². The smallest absolute Gasteiger partial charge is 0.434 e. The lowest BCUT2D eigenvalue weighted by Crippen LogP contribution is -2.15. The van der Waals surface area contributed by atoms with Crippen LogP contribution < -0.4 is 0 Å². The van der Waals surface area contributed by atoms with E-state index in [1.807, 2.05) is 6.92 Å². The Labute approximate surface area is 93.1 Å². The van der Waals surface area contributed by atoms with E-state index in [9.17, 15) is 4.79 Å². The van der Waals surface area contributed by atoms with Crippen molar-refractivity contribution in [3.05, 3.63) is 6.92 Å². The van der Waals surface area contributed by atoms with Gasteiger partial charge in [-0.05, 0) is 26.7 Å². The average molecular weight is 215 g/mol. The van der Waals surface area contributed by atoms with Crippen LogP contribution in [-0.2, 0) is 9.47 Å². The molecule has 0 aromatic carbocycles. The summed E-state index contributed by atoms with van der Waals surface area (Å²) in [6, 6.07) is 0. The van der Waals surface area contributed by atoms with Crippen molar-refractivity contribution in [3.63, 3.8) is 0 Å². The summed E-state index contributed by atoms with van der Waals surface area (Å²) < 4.78 is 9.58. The quantitative estimate of drug-likeness (QED) is 0.457. The molecule has 1 atom stereocenters. The van der Waals surface area contributed by atoms with E-state index >= 15 is 0 Å². The van der Waals surface area contributed by atoms with Gasteiger partial charge >= 0.3 is 6.16 Å². The van der Waals surface area contributed by atoms with Gasteiger partial charge in [0.25, 0.3) is 0 Å². The summed E-state index contributed by atoms with van der Waals surface area (Å²) in [5, 5.41) is 0.